The maximum absolute atomic E-state index is 3.62. The Morgan fingerprint density at radius 2 is 2.00 bits per heavy atom. The normalized spacial score (nSPS) is 26.8. The van der Waals surface area contributed by atoms with Crippen molar-refractivity contribution in [3.8, 4) is 0 Å². The van der Waals surface area contributed by atoms with E-state index in [1.807, 2.05) is 0 Å². The molecule has 0 aromatic rings. The lowest BCUT2D eigenvalue weighted by Gasteiger charge is -2.39. The van der Waals surface area contributed by atoms with E-state index in [-0.39, 0.29) is 0 Å². The molecule has 0 aromatic heterocycles. The summed E-state index contributed by atoms with van der Waals surface area (Å²) >= 11 is 0. The van der Waals surface area contributed by atoms with Gasteiger partial charge in [-0.1, -0.05) is 47.0 Å². The quantitative estimate of drug-likeness (QED) is 0.746. The molecule has 1 aliphatic carbocycles. The van der Waals surface area contributed by atoms with Crippen LogP contribution in [-0.4, -0.2) is 36.6 Å². The van der Waals surface area contributed by atoms with Crippen molar-refractivity contribution >= 4 is 0 Å². The lowest BCUT2D eigenvalue weighted by Crippen LogP contribution is -2.48. The summed E-state index contributed by atoms with van der Waals surface area (Å²) in [6.45, 7) is 10.4. The number of hydrogen-bond acceptors (Lipinski definition) is 2. The highest BCUT2D eigenvalue weighted by Crippen LogP contribution is 2.28. The van der Waals surface area contributed by atoms with Crippen molar-refractivity contribution in [1.82, 2.24) is 10.2 Å². The molecule has 0 spiro atoms. The summed E-state index contributed by atoms with van der Waals surface area (Å²) in [4.78, 5) is 2.68. The number of nitrogens with one attached hydrogen (secondary N) is 1. The van der Waals surface area contributed by atoms with Gasteiger partial charge >= 0.3 is 0 Å². The van der Waals surface area contributed by atoms with Crippen LogP contribution in [0.15, 0.2) is 0 Å². The second kappa shape index (κ2) is 8.16. The highest BCUT2D eigenvalue weighted by Gasteiger charge is 2.26. The van der Waals surface area contributed by atoms with Crippen LogP contribution >= 0.6 is 0 Å². The van der Waals surface area contributed by atoms with Gasteiger partial charge in [0.1, 0.15) is 0 Å². The Kier molecular flexibility index (Phi) is 7.25. The fraction of sp³-hybridized carbons (Fsp3) is 1.00. The van der Waals surface area contributed by atoms with E-state index >= 15 is 0 Å². The van der Waals surface area contributed by atoms with Crippen LogP contribution in [0.4, 0.5) is 0 Å². The van der Waals surface area contributed by atoms with Crippen molar-refractivity contribution in [2.75, 3.05) is 13.6 Å². The molecule has 2 heteroatoms. The summed E-state index contributed by atoms with van der Waals surface area (Å²) < 4.78 is 0. The van der Waals surface area contributed by atoms with E-state index in [9.17, 15) is 0 Å². The molecule has 0 saturated heterocycles. The topological polar surface area (TPSA) is 15.3 Å². The summed E-state index contributed by atoms with van der Waals surface area (Å²) in [5.74, 6) is 0.923. The Bertz CT molecular complexity index is 215. The Balaban J connectivity index is 2.48. The molecule has 18 heavy (non-hydrogen) atoms. The standard InChI is InChI=1S/C16H34N2/c1-6-8-16(12-17-13(2)3)18(5)15-10-7-9-14(4)11-15/h13-17H,6-12H2,1-5H3. The first-order valence-electron chi connectivity index (χ1n) is 7.99. The van der Waals surface area contributed by atoms with Gasteiger partial charge in [-0.15, -0.1) is 0 Å². The molecule has 1 saturated carbocycles. The van der Waals surface area contributed by atoms with E-state index < -0.39 is 0 Å². The van der Waals surface area contributed by atoms with Crippen LogP contribution in [-0.2, 0) is 0 Å². The van der Waals surface area contributed by atoms with Gasteiger partial charge in [0, 0.05) is 24.7 Å². The predicted octanol–water partition coefficient (Wildman–Crippen LogP) is 3.66. The third-order valence-electron chi connectivity index (χ3n) is 4.44. The molecule has 1 aliphatic rings. The zero-order chi connectivity index (χ0) is 13.5. The van der Waals surface area contributed by atoms with E-state index in [1.165, 1.54) is 38.5 Å². The van der Waals surface area contributed by atoms with Crippen molar-refractivity contribution in [2.45, 2.75) is 84.3 Å². The zero-order valence-electron chi connectivity index (χ0n) is 13.2. The average Bonchev–Trinajstić information content (AvgIpc) is 2.33. The van der Waals surface area contributed by atoms with Crippen LogP contribution in [0.5, 0.6) is 0 Å². The molecule has 1 N–H and O–H groups in total. The first-order valence-corrected chi connectivity index (χ1v) is 7.99. The van der Waals surface area contributed by atoms with Crippen molar-refractivity contribution < 1.29 is 0 Å². The third kappa shape index (κ3) is 5.27. The van der Waals surface area contributed by atoms with E-state index in [4.69, 9.17) is 0 Å². The monoisotopic (exact) mass is 254 g/mol. The van der Waals surface area contributed by atoms with Crippen LogP contribution in [0.3, 0.4) is 0 Å². The fourth-order valence-corrected chi connectivity index (χ4v) is 3.22. The second-order valence-electron chi connectivity index (χ2n) is 6.60. The lowest BCUT2D eigenvalue weighted by molar-refractivity contribution is 0.110. The van der Waals surface area contributed by atoms with Gasteiger partial charge < -0.3 is 5.32 Å². The summed E-state index contributed by atoms with van der Waals surface area (Å²) in [5, 5.41) is 3.62. The number of nitrogens with zero attached hydrogens (tertiary/aromatic N) is 1. The molecule has 0 aliphatic heterocycles. The van der Waals surface area contributed by atoms with Gasteiger partial charge in [0.05, 0.1) is 0 Å². The second-order valence-corrected chi connectivity index (χ2v) is 6.60. The van der Waals surface area contributed by atoms with Gasteiger partial charge in [-0.3, -0.25) is 4.90 Å². The molecule has 0 bridgehead atoms. The summed E-state index contributed by atoms with van der Waals surface area (Å²) in [7, 11) is 2.35. The van der Waals surface area contributed by atoms with Gasteiger partial charge in [0.2, 0.25) is 0 Å². The highest BCUT2D eigenvalue weighted by molar-refractivity contribution is 4.82. The predicted molar refractivity (Wildman–Crippen MR) is 81.0 cm³/mol. The molecule has 0 heterocycles. The average molecular weight is 254 g/mol. The van der Waals surface area contributed by atoms with Gasteiger partial charge in [0.15, 0.2) is 0 Å². The SMILES string of the molecule is CCCC(CNC(C)C)N(C)C1CCCC(C)C1. The number of likely N-dealkylation sites (N-methyl/N-ethyl adjacent to an activating group) is 1. The summed E-state index contributed by atoms with van der Waals surface area (Å²) in [6, 6.07) is 2.13. The maximum Gasteiger partial charge on any atom is 0.0220 e. The fourth-order valence-electron chi connectivity index (χ4n) is 3.22. The smallest absolute Gasteiger partial charge is 0.0220 e. The molecule has 108 valence electrons. The van der Waals surface area contributed by atoms with Gasteiger partial charge in [0.25, 0.3) is 0 Å². The zero-order valence-corrected chi connectivity index (χ0v) is 13.2. The van der Waals surface area contributed by atoms with Crippen molar-refractivity contribution in [3.63, 3.8) is 0 Å². The number of hydrogen-bond donors (Lipinski definition) is 1. The molecule has 1 rings (SSSR count). The van der Waals surface area contributed by atoms with Crippen LogP contribution in [0, 0.1) is 5.92 Å². The molecule has 0 radical (unpaired) electrons. The van der Waals surface area contributed by atoms with Crippen LogP contribution < -0.4 is 5.32 Å². The first-order chi connectivity index (χ1) is 8.54. The van der Waals surface area contributed by atoms with E-state index in [0.29, 0.717) is 12.1 Å². The van der Waals surface area contributed by atoms with Gasteiger partial charge in [-0.25, -0.2) is 0 Å². The minimum atomic E-state index is 0.600. The van der Waals surface area contributed by atoms with Crippen molar-refractivity contribution in [3.05, 3.63) is 0 Å². The van der Waals surface area contributed by atoms with Gasteiger partial charge in [-0.05, 0) is 32.2 Å². The molecule has 0 aromatic carbocycles. The molecule has 3 atom stereocenters. The maximum atomic E-state index is 3.62. The third-order valence-corrected chi connectivity index (χ3v) is 4.44. The minimum absolute atomic E-state index is 0.600. The lowest BCUT2D eigenvalue weighted by atomic mass is 9.85. The van der Waals surface area contributed by atoms with Crippen molar-refractivity contribution in [1.29, 1.82) is 0 Å². The molecule has 0 amide bonds. The minimum Gasteiger partial charge on any atom is -0.313 e. The van der Waals surface area contributed by atoms with Crippen LogP contribution in [0.25, 0.3) is 0 Å². The highest BCUT2D eigenvalue weighted by atomic mass is 15.2. The molecular weight excluding hydrogens is 220 g/mol. The first kappa shape index (κ1) is 16.0. The summed E-state index contributed by atoms with van der Waals surface area (Å²) in [6.07, 6.45) is 8.28. The van der Waals surface area contributed by atoms with Crippen molar-refractivity contribution in [2.24, 2.45) is 5.92 Å². The number of rotatable bonds is 7. The van der Waals surface area contributed by atoms with E-state index in [0.717, 1.165) is 18.5 Å². The Morgan fingerprint density at radius 1 is 1.28 bits per heavy atom. The Morgan fingerprint density at radius 3 is 2.56 bits per heavy atom. The Hall–Kier alpha value is -0.0800. The Labute approximate surface area is 115 Å². The molecular formula is C16H34N2. The summed E-state index contributed by atoms with van der Waals surface area (Å²) in [5.41, 5.74) is 0. The molecule has 1 fully saturated rings. The van der Waals surface area contributed by atoms with E-state index in [1.54, 1.807) is 0 Å². The van der Waals surface area contributed by atoms with E-state index in [2.05, 4.69) is 45.0 Å². The van der Waals surface area contributed by atoms with Gasteiger partial charge in [-0.2, -0.15) is 0 Å². The molecule has 3 unspecified atom stereocenters. The largest absolute Gasteiger partial charge is 0.313 e. The van der Waals surface area contributed by atoms with Crippen LogP contribution in [0.1, 0.15) is 66.2 Å². The van der Waals surface area contributed by atoms with Crippen LogP contribution in [0.2, 0.25) is 0 Å². The molecule has 2 nitrogen and oxygen atoms in total.